The Morgan fingerprint density at radius 2 is 2.00 bits per heavy atom. The number of ether oxygens (including phenoxy) is 2. The number of anilines is 1. The summed E-state index contributed by atoms with van der Waals surface area (Å²) in [5, 5.41) is 5.86. The van der Waals surface area contributed by atoms with Crippen LogP contribution in [0.2, 0.25) is 0 Å². The number of carbonyl (C=O) groups excluding carboxylic acids is 1. The minimum Gasteiger partial charge on any atom is -0.496 e. The van der Waals surface area contributed by atoms with Crippen molar-refractivity contribution in [3.05, 3.63) is 52.5 Å². The number of hydrogen-bond donors (Lipinski definition) is 2. The zero-order valence-electron chi connectivity index (χ0n) is 15.5. The molecule has 144 valence electrons. The Balaban J connectivity index is 1.97. The first kappa shape index (κ1) is 21.2. The van der Waals surface area contributed by atoms with Gasteiger partial charge in [0.25, 0.3) is 5.91 Å². The lowest BCUT2D eigenvalue weighted by Gasteiger charge is -2.13. The molecule has 0 radical (unpaired) electrons. The number of hydrogen-bond acceptors (Lipinski definition) is 4. The van der Waals surface area contributed by atoms with E-state index in [4.69, 9.17) is 21.7 Å². The molecule has 0 aromatic heterocycles. The highest BCUT2D eigenvalue weighted by atomic mass is 79.9. The third kappa shape index (κ3) is 6.84. The third-order valence-electron chi connectivity index (χ3n) is 3.69. The van der Waals surface area contributed by atoms with Gasteiger partial charge in [-0.05, 0) is 54.9 Å². The smallest absolute Gasteiger partial charge is 0.261 e. The van der Waals surface area contributed by atoms with Crippen LogP contribution in [-0.2, 0) is 0 Å². The number of halogens is 1. The number of rotatable bonds is 7. The van der Waals surface area contributed by atoms with Crippen LogP contribution >= 0.6 is 28.1 Å². The summed E-state index contributed by atoms with van der Waals surface area (Å²) in [6.07, 6.45) is 0.987. The van der Waals surface area contributed by atoms with Crippen LogP contribution in [0.3, 0.4) is 0 Å². The van der Waals surface area contributed by atoms with Crippen molar-refractivity contribution in [1.29, 1.82) is 0 Å². The van der Waals surface area contributed by atoms with Crippen LogP contribution < -0.4 is 20.1 Å². The SMILES string of the molecule is COc1ccc(Br)cc1C(=O)NC(=S)Nc1cccc(OCCC(C)C)c1. The summed E-state index contributed by atoms with van der Waals surface area (Å²) >= 11 is 8.61. The second-order valence-electron chi connectivity index (χ2n) is 6.31. The van der Waals surface area contributed by atoms with Gasteiger partial charge in [-0.25, -0.2) is 0 Å². The third-order valence-corrected chi connectivity index (χ3v) is 4.39. The maximum absolute atomic E-state index is 12.5. The fourth-order valence-electron chi connectivity index (χ4n) is 2.27. The van der Waals surface area contributed by atoms with Gasteiger partial charge in [0.05, 0.1) is 19.3 Å². The first-order valence-electron chi connectivity index (χ1n) is 8.57. The van der Waals surface area contributed by atoms with Crippen molar-refractivity contribution < 1.29 is 14.3 Å². The number of methoxy groups -OCH3 is 1. The van der Waals surface area contributed by atoms with Crippen LogP contribution in [0.15, 0.2) is 46.9 Å². The molecule has 0 atom stereocenters. The molecule has 2 aromatic carbocycles. The first-order chi connectivity index (χ1) is 12.9. The van der Waals surface area contributed by atoms with Gasteiger partial charge < -0.3 is 14.8 Å². The molecular weight excluding hydrogens is 428 g/mol. The molecule has 0 unspecified atom stereocenters. The van der Waals surface area contributed by atoms with Crippen molar-refractivity contribution in [1.82, 2.24) is 5.32 Å². The van der Waals surface area contributed by atoms with E-state index in [0.29, 0.717) is 23.8 Å². The van der Waals surface area contributed by atoms with E-state index in [1.54, 1.807) is 18.2 Å². The second kappa shape index (κ2) is 10.3. The molecule has 1 amide bonds. The molecule has 0 heterocycles. The van der Waals surface area contributed by atoms with E-state index < -0.39 is 0 Å². The number of nitrogens with one attached hydrogen (secondary N) is 2. The highest BCUT2D eigenvalue weighted by Gasteiger charge is 2.14. The Labute approximate surface area is 173 Å². The summed E-state index contributed by atoms with van der Waals surface area (Å²) < 4.78 is 11.7. The van der Waals surface area contributed by atoms with Crippen molar-refractivity contribution >= 4 is 44.9 Å². The Bertz CT molecular complexity index is 812. The number of carbonyl (C=O) groups is 1. The summed E-state index contributed by atoms with van der Waals surface area (Å²) in [7, 11) is 1.52. The Kier molecular flexibility index (Phi) is 8.06. The average Bonchev–Trinajstić information content (AvgIpc) is 2.61. The monoisotopic (exact) mass is 450 g/mol. The molecule has 0 aliphatic carbocycles. The standard InChI is InChI=1S/C20H23BrN2O3S/c1-13(2)9-10-26-16-6-4-5-15(12-16)22-20(27)23-19(24)17-11-14(21)7-8-18(17)25-3/h4-8,11-13H,9-10H2,1-3H3,(H2,22,23,24,27). The predicted octanol–water partition coefficient (Wildman–Crippen LogP) is 5.01. The lowest BCUT2D eigenvalue weighted by atomic mass is 10.1. The maximum Gasteiger partial charge on any atom is 0.261 e. The molecule has 2 aromatic rings. The average molecular weight is 451 g/mol. The normalized spacial score (nSPS) is 10.4. The minimum absolute atomic E-state index is 0.196. The molecule has 2 N–H and O–H groups in total. The van der Waals surface area contributed by atoms with E-state index in [0.717, 1.165) is 22.3 Å². The number of thiocarbonyl (C=S) groups is 1. The van der Waals surface area contributed by atoms with Crippen LogP contribution in [0.1, 0.15) is 30.6 Å². The van der Waals surface area contributed by atoms with Gasteiger partial charge in [0.15, 0.2) is 5.11 Å². The Morgan fingerprint density at radius 1 is 1.22 bits per heavy atom. The Morgan fingerprint density at radius 3 is 2.70 bits per heavy atom. The molecule has 0 aliphatic rings. The zero-order valence-corrected chi connectivity index (χ0v) is 17.9. The van der Waals surface area contributed by atoms with Crippen molar-refractivity contribution in [2.24, 2.45) is 5.92 Å². The van der Waals surface area contributed by atoms with E-state index >= 15 is 0 Å². The van der Waals surface area contributed by atoms with Gasteiger partial charge in [0, 0.05) is 16.2 Å². The molecule has 0 aliphatic heterocycles. The van der Waals surface area contributed by atoms with E-state index in [-0.39, 0.29) is 11.0 Å². The summed E-state index contributed by atoms with van der Waals surface area (Å²) in [6, 6.07) is 12.7. The zero-order chi connectivity index (χ0) is 19.8. The summed E-state index contributed by atoms with van der Waals surface area (Å²) in [6.45, 7) is 4.97. The van der Waals surface area contributed by atoms with Crippen LogP contribution in [0, 0.1) is 5.92 Å². The van der Waals surface area contributed by atoms with Crippen LogP contribution in [-0.4, -0.2) is 24.7 Å². The van der Waals surface area contributed by atoms with Gasteiger partial charge in [0.1, 0.15) is 11.5 Å². The summed E-state index contributed by atoms with van der Waals surface area (Å²) in [5.41, 5.74) is 1.13. The second-order valence-corrected chi connectivity index (χ2v) is 7.64. The fraction of sp³-hybridized carbons (Fsp3) is 0.300. The van der Waals surface area contributed by atoms with Crippen molar-refractivity contribution in [2.45, 2.75) is 20.3 Å². The molecule has 0 saturated heterocycles. The van der Waals surface area contributed by atoms with Crippen molar-refractivity contribution in [3.8, 4) is 11.5 Å². The van der Waals surface area contributed by atoms with E-state index in [1.165, 1.54) is 7.11 Å². The molecule has 0 spiro atoms. The molecule has 7 heteroatoms. The van der Waals surface area contributed by atoms with Gasteiger partial charge >= 0.3 is 0 Å². The lowest BCUT2D eigenvalue weighted by molar-refractivity contribution is 0.0974. The van der Waals surface area contributed by atoms with Crippen molar-refractivity contribution in [2.75, 3.05) is 19.0 Å². The molecule has 5 nitrogen and oxygen atoms in total. The first-order valence-corrected chi connectivity index (χ1v) is 9.78. The molecule has 0 bridgehead atoms. The van der Waals surface area contributed by atoms with Crippen molar-refractivity contribution in [3.63, 3.8) is 0 Å². The molecular formula is C20H23BrN2O3S. The molecule has 0 saturated carbocycles. The summed E-state index contributed by atoms with van der Waals surface area (Å²) in [5.74, 6) is 1.46. The fourth-order valence-corrected chi connectivity index (χ4v) is 2.84. The topological polar surface area (TPSA) is 59.6 Å². The van der Waals surface area contributed by atoms with E-state index in [9.17, 15) is 4.79 Å². The van der Waals surface area contributed by atoms with Gasteiger partial charge in [-0.2, -0.15) is 0 Å². The van der Waals surface area contributed by atoms with E-state index in [2.05, 4.69) is 40.4 Å². The highest BCUT2D eigenvalue weighted by molar-refractivity contribution is 9.10. The molecule has 0 fully saturated rings. The largest absolute Gasteiger partial charge is 0.496 e. The summed E-state index contributed by atoms with van der Waals surface area (Å²) in [4.78, 5) is 12.5. The maximum atomic E-state index is 12.5. The predicted molar refractivity (Wildman–Crippen MR) is 116 cm³/mol. The molecule has 27 heavy (non-hydrogen) atoms. The van der Waals surface area contributed by atoms with Crippen LogP contribution in [0.5, 0.6) is 11.5 Å². The number of amides is 1. The van der Waals surface area contributed by atoms with Crippen LogP contribution in [0.4, 0.5) is 5.69 Å². The van der Waals surface area contributed by atoms with Gasteiger partial charge in [0.2, 0.25) is 0 Å². The highest BCUT2D eigenvalue weighted by Crippen LogP contribution is 2.23. The van der Waals surface area contributed by atoms with E-state index in [1.807, 2.05) is 24.3 Å². The van der Waals surface area contributed by atoms with Gasteiger partial charge in [-0.15, -0.1) is 0 Å². The minimum atomic E-state index is -0.352. The Hall–Kier alpha value is -2.12. The quantitative estimate of drug-likeness (QED) is 0.580. The van der Waals surface area contributed by atoms with Gasteiger partial charge in [-0.3, -0.25) is 10.1 Å². The van der Waals surface area contributed by atoms with Crippen LogP contribution in [0.25, 0.3) is 0 Å². The lowest BCUT2D eigenvalue weighted by Crippen LogP contribution is -2.34. The number of benzene rings is 2. The molecule has 2 rings (SSSR count). The van der Waals surface area contributed by atoms with Gasteiger partial charge in [-0.1, -0.05) is 35.8 Å².